The second-order valence-electron chi connectivity index (χ2n) is 6.98. The van der Waals surface area contributed by atoms with E-state index < -0.39 is 0 Å². The predicted octanol–water partition coefficient (Wildman–Crippen LogP) is 2.65. The summed E-state index contributed by atoms with van der Waals surface area (Å²) < 4.78 is 7.49. The molecule has 1 amide bonds. The van der Waals surface area contributed by atoms with E-state index in [1.165, 1.54) is 0 Å². The normalized spacial score (nSPS) is 17.6. The first-order valence-electron chi connectivity index (χ1n) is 8.76. The molecule has 0 saturated heterocycles. The number of rotatable bonds is 2. The Labute approximate surface area is 144 Å². The third-order valence-corrected chi connectivity index (χ3v) is 5.13. The summed E-state index contributed by atoms with van der Waals surface area (Å²) in [5, 5.41) is 4.77. The maximum absolute atomic E-state index is 13.3. The molecule has 0 bridgehead atoms. The first kappa shape index (κ1) is 14.6. The van der Waals surface area contributed by atoms with E-state index in [1.54, 1.807) is 0 Å². The number of aromatic nitrogens is 4. The molecule has 0 spiro atoms. The van der Waals surface area contributed by atoms with E-state index in [2.05, 4.69) is 19.7 Å². The van der Waals surface area contributed by atoms with Crippen LogP contribution in [0.1, 0.15) is 52.6 Å². The minimum Gasteiger partial charge on any atom is -0.336 e. The predicted molar refractivity (Wildman–Crippen MR) is 90.1 cm³/mol. The smallest absolute Gasteiger partial charge is 0.259 e. The van der Waals surface area contributed by atoms with Crippen molar-refractivity contribution in [2.75, 3.05) is 6.54 Å². The zero-order valence-electron chi connectivity index (χ0n) is 14.1. The van der Waals surface area contributed by atoms with Crippen molar-refractivity contribution in [1.29, 1.82) is 0 Å². The van der Waals surface area contributed by atoms with Crippen LogP contribution in [-0.2, 0) is 13.1 Å². The summed E-state index contributed by atoms with van der Waals surface area (Å²) in [6, 6.07) is 1.95. The SMILES string of the molecule is Cc1noc2nc(C3CC3)cc(C(=O)N3CCCn4cncc4C3)c12. The maximum atomic E-state index is 13.3. The second kappa shape index (κ2) is 5.40. The van der Waals surface area contributed by atoms with Gasteiger partial charge >= 0.3 is 0 Å². The largest absolute Gasteiger partial charge is 0.336 e. The summed E-state index contributed by atoms with van der Waals surface area (Å²) in [7, 11) is 0. The molecule has 25 heavy (non-hydrogen) atoms. The van der Waals surface area contributed by atoms with Crippen LogP contribution in [-0.4, -0.2) is 37.0 Å². The Balaban J connectivity index is 1.57. The Hall–Kier alpha value is -2.70. The monoisotopic (exact) mass is 337 g/mol. The van der Waals surface area contributed by atoms with E-state index in [0.717, 1.165) is 49.1 Å². The van der Waals surface area contributed by atoms with Gasteiger partial charge < -0.3 is 14.0 Å². The topological polar surface area (TPSA) is 77.0 Å². The van der Waals surface area contributed by atoms with Gasteiger partial charge in [0.25, 0.3) is 11.6 Å². The summed E-state index contributed by atoms with van der Waals surface area (Å²) >= 11 is 0. The van der Waals surface area contributed by atoms with E-state index in [0.29, 0.717) is 29.4 Å². The van der Waals surface area contributed by atoms with Gasteiger partial charge in [0.1, 0.15) is 0 Å². The first-order valence-corrected chi connectivity index (χ1v) is 8.76. The Morgan fingerprint density at radius 1 is 1.32 bits per heavy atom. The highest BCUT2D eigenvalue weighted by molar-refractivity contribution is 6.06. The molecule has 1 aliphatic carbocycles. The van der Waals surface area contributed by atoms with Crippen LogP contribution in [0.2, 0.25) is 0 Å². The van der Waals surface area contributed by atoms with Crippen LogP contribution < -0.4 is 0 Å². The number of hydrogen-bond donors (Lipinski definition) is 0. The van der Waals surface area contributed by atoms with Crippen molar-refractivity contribution in [3.8, 4) is 0 Å². The second-order valence-corrected chi connectivity index (χ2v) is 6.98. The lowest BCUT2D eigenvalue weighted by Gasteiger charge is -2.20. The lowest BCUT2D eigenvalue weighted by Crippen LogP contribution is -2.31. The van der Waals surface area contributed by atoms with Crippen LogP contribution in [0.3, 0.4) is 0 Å². The van der Waals surface area contributed by atoms with Crippen molar-refractivity contribution in [3.05, 3.63) is 41.2 Å². The number of carbonyl (C=O) groups excluding carboxylic acids is 1. The standard InChI is InChI=1S/C18H19N5O2/c1-11-16-14(7-15(12-3-4-12)20-17(16)25-21-11)18(24)22-5-2-6-23-10-19-8-13(23)9-22/h7-8,10,12H,2-6,9H2,1H3. The lowest BCUT2D eigenvalue weighted by atomic mass is 10.1. The Morgan fingerprint density at radius 3 is 3.04 bits per heavy atom. The fourth-order valence-electron chi connectivity index (χ4n) is 3.60. The zero-order valence-corrected chi connectivity index (χ0v) is 14.1. The summed E-state index contributed by atoms with van der Waals surface area (Å²) in [6.45, 7) is 4.06. The van der Waals surface area contributed by atoms with Crippen molar-refractivity contribution in [2.24, 2.45) is 0 Å². The van der Waals surface area contributed by atoms with Crippen LogP contribution >= 0.6 is 0 Å². The van der Waals surface area contributed by atoms with Gasteiger partial charge in [0.05, 0.1) is 35.2 Å². The molecule has 7 heteroatoms. The van der Waals surface area contributed by atoms with Gasteiger partial charge in [-0.2, -0.15) is 0 Å². The van der Waals surface area contributed by atoms with Crippen molar-refractivity contribution >= 4 is 17.0 Å². The van der Waals surface area contributed by atoms with Gasteiger partial charge in [0, 0.05) is 30.9 Å². The fourth-order valence-corrected chi connectivity index (χ4v) is 3.60. The molecule has 0 aromatic carbocycles. The third-order valence-electron chi connectivity index (χ3n) is 5.13. The minimum atomic E-state index is 0.0234. The Morgan fingerprint density at radius 2 is 2.20 bits per heavy atom. The highest BCUT2D eigenvalue weighted by Crippen LogP contribution is 2.40. The maximum Gasteiger partial charge on any atom is 0.259 e. The molecule has 0 radical (unpaired) electrons. The number of fused-ring (bicyclic) bond motifs is 2. The number of amides is 1. The lowest BCUT2D eigenvalue weighted by molar-refractivity contribution is 0.0747. The highest BCUT2D eigenvalue weighted by atomic mass is 16.5. The highest BCUT2D eigenvalue weighted by Gasteiger charge is 2.30. The molecule has 1 saturated carbocycles. The van der Waals surface area contributed by atoms with Crippen LogP contribution in [0, 0.1) is 6.92 Å². The van der Waals surface area contributed by atoms with Gasteiger partial charge in [0.15, 0.2) is 0 Å². The molecule has 2 aliphatic rings. The molecule has 7 nitrogen and oxygen atoms in total. The van der Waals surface area contributed by atoms with Gasteiger partial charge in [-0.15, -0.1) is 0 Å². The number of hydrogen-bond acceptors (Lipinski definition) is 5. The van der Waals surface area contributed by atoms with Gasteiger partial charge in [0.2, 0.25) is 0 Å². The number of carbonyl (C=O) groups is 1. The summed E-state index contributed by atoms with van der Waals surface area (Å²) in [5.74, 6) is 0.474. The molecule has 5 rings (SSSR count). The van der Waals surface area contributed by atoms with Crippen molar-refractivity contribution in [3.63, 3.8) is 0 Å². The van der Waals surface area contributed by atoms with E-state index in [-0.39, 0.29) is 5.91 Å². The molecule has 0 atom stereocenters. The molecule has 1 fully saturated rings. The molecule has 3 aromatic heterocycles. The average Bonchev–Trinajstić information content (AvgIpc) is 3.33. The van der Waals surface area contributed by atoms with E-state index in [1.807, 2.05) is 30.4 Å². The van der Waals surface area contributed by atoms with Gasteiger partial charge in [-0.05, 0) is 32.3 Å². The zero-order chi connectivity index (χ0) is 17.0. The number of pyridine rings is 1. The first-order chi connectivity index (χ1) is 12.2. The summed E-state index contributed by atoms with van der Waals surface area (Å²) in [6.07, 6.45) is 6.85. The number of nitrogens with zero attached hydrogens (tertiary/aromatic N) is 5. The third kappa shape index (κ3) is 2.42. The van der Waals surface area contributed by atoms with Crippen LogP contribution in [0.15, 0.2) is 23.1 Å². The molecule has 128 valence electrons. The Bertz CT molecular complexity index is 969. The molecule has 0 unspecified atom stereocenters. The van der Waals surface area contributed by atoms with E-state index in [9.17, 15) is 4.79 Å². The summed E-state index contributed by atoms with van der Waals surface area (Å²) in [4.78, 5) is 24.0. The van der Waals surface area contributed by atoms with Crippen molar-refractivity contribution in [1.82, 2.24) is 24.6 Å². The van der Waals surface area contributed by atoms with Crippen LogP contribution in [0.25, 0.3) is 11.1 Å². The Kier molecular flexibility index (Phi) is 3.16. The summed E-state index contributed by atoms with van der Waals surface area (Å²) in [5.41, 5.74) is 3.88. The van der Waals surface area contributed by atoms with Crippen LogP contribution in [0.5, 0.6) is 0 Å². The van der Waals surface area contributed by atoms with Crippen molar-refractivity contribution in [2.45, 2.75) is 45.2 Å². The molecule has 1 aliphatic heterocycles. The fraction of sp³-hybridized carbons (Fsp3) is 0.444. The number of aryl methyl sites for hydroxylation is 2. The molecular formula is C18H19N5O2. The number of imidazole rings is 1. The molecule has 4 heterocycles. The molecule has 3 aromatic rings. The quantitative estimate of drug-likeness (QED) is 0.718. The van der Waals surface area contributed by atoms with Crippen LogP contribution in [0.4, 0.5) is 0 Å². The molecule has 0 N–H and O–H groups in total. The minimum absolute atomic E-state index is 0.0234. The van der Waals surface area contributed by atoms with Gasteiger partial charge in [-0.25, -0.2) is 9.97 Å². The average molecular weight is 337 g/mol. The van der Waals surface area contributed by atoms with E-state index in [4.69, 9.17) is 4.52 Å². The van der Waals surface area contributed by atoms with Gasteiger partial charge in [-0.1, -0.05) is 5.16 Å². The van der Waals surface area contributed by atoms with E-state index >= 15 is 0 Å². The molecular weight excluding hydrogens is 318 g/mol. The van der Waals surface area contributed by atoms with Gasteiger partial charge in [-0.3, -0.25) is 4.79 Å². The van der Waals surface area contributed by atoms with Crippen molar-refractivity contribution < 1.29 is 9.32 Å².